The van der Waals surface area contributed by atoms with Gasteiger partial charge in [0.2, 0.25) is 5.91 Å². The first kappa shape index (κ1) is 25.0. The third-order valence-electron chi connectivity index (χ3n) is 5.38. The molecule has 184 valence electrons. The van der Waals surface area contributed by atoms with Gasteiger partial charge in [-0.05, 0) is 58.2 Å². The molecule has 1 aromatic carbocycles. The number of benzene rings is 1. The number of nitrogens with zero attached hydrogens (tertiary/aromatic N) is 4. The van der Waals surface area contributed by atoms with Crippen LogP contribution in [0.1, 0.15) is 59.1 Å². The highest BCUT2D eigenvalue weighted by Gasteiger charge is 2.33. The maximum atomic E-state index is 12.2. The SMILES string of the molecule is CC(=O)N1c2ccc(-c3cn(CCCNC(=O)OC(C)(C)C)nn3)cc2[C@H](NC(=O)O)C[C@@H]1C. The summed E-state index contributed by atoms with van der Waals surface area (Å²) >= 11 is 0. The molecule has 2 atom stereocenters. The van der Waals surface area contributed by atoms with Crippen molar-refractivity contribution in [3.63, 3.8) is 0 Å². The van der Waals surface area contributed by atoms with Crippen molar-refractivity contribution in [2.45, 2.75) is 71.7 Å². The molecule has 2 aromatic rings. The molecule has 0 spiro atoms. The van der Waals surface area contributed by atoms with Crippen molar-refractivity contribution in [1.82, 2.24) is 25.6 Å². The lowest BCUT2D eigenvalue weighted by Crippen LogP contribution is -2.45. The van der Waals surface area contributed by atoms with Crippen molar-refractivity contribution < 1.29 is 24.2 Å². The third-order valence-corrected chi connectivity index (χ3v) is 5.38. The Hall–Kier alpha value is -3.63. The summed E-state index contributed by atoms with van der Waals surface area (Å²) in [5, 5.41) is 22.9. The van der Waals surface area contributed by atoms with Crippen LogP contribution < -0.4 is 15.5 Å². The van der Waals surface area contributed by atoms with Gasteiger partial charge in [-0.3, -0.25) is 9.48 Å². The van der Waals surface area contributed by atoms with E-state index in [1.54, 1.807) is 15.8 Å². The fourth-order valence-electron chi connectivity index (χ4n) is 4.07. The fourth-order valence-corrected chi connectivity index (χ4v) is 4.07. The van der Waals surface area contributed by atoms with Gasteiger partial charge in [0.05, 0.1) is 12.2 Å². The topological polar surface area (TPSA) is 139 Å². The van der Waals surface area contributed by atoms with Gasteiger partial charge in [-0.25, -0.2) is 9.59 Å². The average molecular weight is 473 g/mol. The van der Waals surface area contributed by atoms with Gasteiger partial charge in [0.1, 0.15) is 11.3 Å². The second-order valence-electron chi connectivity index (χ2n) is 9.40. The van der Waals surface area contributed by atoms with Crippen LogP contribution in [0.15, 0.2) is 24.4 Å². The van der Waals surface area contributed by atoms with Crippen molar-refractivity contribution in [1.29, 1.82) is 0 Å². The second-order valence-corrected chi connectivity index (χ2v) is 9.40. The summed E-state index contributed by atoms with van der Waals surface area (Å²) in [6.07, 6.45) is 1.33. The van der Waals surface area contributed by atoms with Crippen LogP contribution in [0.2, 0.25) is 0 Å². The minimum absolute atomic E-state index is 0.0961. The zero-order valence-corrected chi connectivity index (χ0v) is 20.2. The summed E-state index contributed by atoms with van der Waals surface area (Å²) in [4.78, 5) is 37.0. The molecular weight excluding hydrogens is 440 g/mol. The number of nitrogens with one attached hydrogen (secondary N) is 2. The number of fused-ring (bicyclic) bond motifs is 1. The zero-order chi connectivity index (χ0) is 25.0. The van der Waals surface area contributed by atoms with Gasteiger partial charge in [0.25, 0.3) is 0 Å². The first-order chi connectivity index (χ1) is 15.9. The molecule has 1 aliphatic heterocycles. The van der Waals surface area contributed by atoms with Gasteiger partial charge in [0.15, 0.2) is 0 Å². The van der Waals surface area contributed by atoms with Crippen molar-refractivity contribution in [2.24, 2.45) is 0 Å². The molecule has 3 amide bonds. The lowest BCUT2D eigenvalue weighted by atomic mass is 9.90. The van der Waals surface area contributed by atoms with E-state index in [0.29, 0.717) is 37.3 Å². The molecule has 3 N–H and O–H groups in total. The molecule has 0 fully saturated rings. The summed E-state index contributed by atoms with van der Waals surface area (Å²) < 4.78 is 6.89. The largest absolute Gasteiger partial charge is 0.465 e. The number of carbonyl (C=O) groups is 3. The van der Waals surface area contributed by atoms with Gasteiger partial charge in [-0.1, -0.05) is 11.3 Å². The van der Waals surface area contributed by atoms with E-state index in [9.17, 15) is 19.5 Å². The fraction of sp³-hybridized carbons (Fsp3) is 0.522. The van der Waals surface area contributed by atoms with E-state index in [4.69, 9.17) is 4.74 Å². The van der Waals surface area contributed by atoms with Gasteiger partial charge in [0, 0.05) is 37.3 Å². The van der Waals surface area contributed by atoms with Crippen molar-refractivity contribution in [3.05, 3.63) is 30.0 Å². The maximum Gasteiger partial charge on any atom is 0.407 e. The number of rotatable bonds is 6. The summed E-state index contributed by atoms with van der Waals surface area (Å²) in [5.41, 5.74) is 2.27. The number of hydrogen-bond acceptors (Lipinski definition) is 6. The van der Waals surface area contributed by atoms with Gasteiger partial charge < -0.3 is 25.4 Å². The van der Waals surface area contributed by atoms with Gasteiger partial charge in [-0.15, -0.1) is 5.10 Å². The number of carbonyl (C=O) groups excluding carboxylic acids is 2. The van der Waals surface area contributed by atoms with Crippen LogP contribution in [0, 0.1) is 0 Å². The van der Waals surface area contributed by atoms with Gasteiger partial charge >= 0.3 is 12.2 Å². The van der Waals surface area contributed by atoms with Crippen LogP contribution in [-0.4, -0.2) is 56.4 Å². The molecule has 0 bridgehead atoms. The Morgan fingerprint density at radius 1 is 1.26 bits per heavy atom. The number of alkyl carbamates (subject to hydrolysis) is 1. The molecule has 0 aliphatic carbocycles. The number of aryl methyl sites for hydroxylation is 1. The molecule has 2 heterocycles. The summed E-state index contributed by atoms with van der Waals surface area (Å²) in [7, 11) is 0. The van der Waals surface area contributed by atoms with Crippen LogP contribution in [0.5, 0.6) is 0 Å². The smallest absolute Gasteiger partial charge is 0.407 e. The summed E-state index contributed by atoms with van der Waals surface area (Å²) in [5.74, 6) is -0.0961. The van der Waals surface area contributed by atoms with E-state index in [-0.39, 0.29) is 11.9 Å². The number of ether oxygens (including phenoxy) is 1. The minimum atomic E-state index is -1.12. The Balaban J connectivity index is 1.71. The monoisotopic (exact) mass is 472 g/mol. The lowest BCUT2D eigenvalue weighted by Gasteiger charge is -2.39. The molecule has 3 rings (SSSR count). The second kappa shape index (κ2) is 10.1. The minimum Gasteiger partial charge on any atom is -0.465 e. The Morgan fingerprint density at radius 3 is 2.65 bits per heavy atom. The quantitative estimate of drug-likeness (QED) is 0.548. The number of hydrogen-bond donors (Lipinski definition) is 3. The normalized spacial score (nSPS) is 17.6. The Morgan fingerprint density at radius 2 is 2.00 bits per heavy atom. The lowest BCUT2D eigenvalue weighted by molar-refractivity contribution is -0.117. The van der Waals surface area contributed by atoms with E-state index < -0.39 is 23.8 Å². The molecule has 11 heteroatoms. The Labute approximate surface area is 198 Å². The van der Waals surface area contributed by atoms with E-state index in [0.717, 1.165) is 11.1 Å². The highest BCUT2D eigenvalue weighted by Crippen LogP contribution is 2.39. The molecular formula is C23H32N6O5. The van der Waals surface area contributed by atoms with E-state index >= 15 is 0 Å². The van der Waals surface area contributed by atoms with Crippen LogP contribution in [-0.2, 0) is 16.1 Å². The number of amides is 3. The molecule has 34 heavy (non-hydrogen) atoms. The van der Waals surface area contributed by atoms with E-state index in [1.165, 1.54) is 6.92 Å². The predicted molar refractivity (Wildman–Crippen MR) is 125 cm³/mol. The first-order valence-electron chi connectivity index (χ1n) is 11.2. The van der Waals surface area contributed by atoms with E-state index in [2.05, 4.69) is 20.9 Å². The molecule has 0 radical (unpaired) electrons. The number of aromatic nitrogens is 3. The van der Waals surface area contributed by atoms with Crippen molar-refractivity contribution in [2.75, 3.05) is 11.4 Å². The summed E-state index contributed by atoms with van der Waals surface area (Å²) in [6.45, 7) is 9.81. The highest BCUT2D eigenvalue weighted by atomic mass is 16.6. The predicted octanol–water partition coefficient (Wildman–Crippen LogP) is 3.31. The molecule has 0 unspecified atom stereocenters. The van der Waals surface area contributed by atoms with Crippen LogP contribution in [0.4, 0.5) is 15.3 Å². The van der Waals surface area contributed by atoms with Crippen molar-refractivity contribution in [3.8, 4) is 11.3 Å². The summed E-state index contributed by atoms with van der Waals surface area (Å²) in [6, 6.07) is 4.95. The van der Waals surface area contributed by atoms with Crippen LogP contribution in [0.25, 0.3) is 11.3 Å². The molecule has 1 aliphatic rings. The zero-order valence-electron chi connectivity index (χ0n) is 20.2. The molecule has 0 saturated carbocycles. The van der Waals surface area contributed by atoms with Gasteiger partial charge in [-0.2, -0.15) is 0 Å². The third kappa shape index (κ3) is 6.24. The van der Waals surface area contributed by atoms with Crippen molar-refractivity contribution >= 4 is 23.8 Å². The molecule has 1 aromatic heterocycles. The standard InChI is InChI=1S/C23H32N6O5/c1-14-11-18(25-21(31)32)17-12-16(7-8-20(17)29(14)15(2)30)19-13-28(27-26-19)10-6-9-24-22(33)34-23(3,4)5/h7-8,12-14,18,25H,6,9-11H2,1-5H3,(H,24,33)(H,31,32)/t14-,18+/m0/s1. The average Bonchev–Trinajstić information content (AvgIpc) is 3.18. The van der Waals surface area contributed by atoms with E-state index in [1.807, 2.05) is 45.9 Å². The number of carboxylic acid groups (broad SMARTS) is 1. The molecule has 11 nitrogen and oxygen atoms in total. The Kier molecular flexibility index (Phi) is 7.43. The highest BCUT2D eigenvalue weighted by molar-refractivity contribution is 5.94. The molecule has 0 saturated heterocycles. The Bertz CT molecular complexity index is 1060. The van der Waals surface area contributed by atoms with Crippen LogP contribution >= 0.6 is 0 Å². The maximum absolute atomic E-state index is 12.2. The number of anilines is 1. The van der Waals surface area contributed by atoms with Crippen LogP contribution in [0.3, 0.4) is 0 Å². The first-order valence-corrected chi connectivity index (χ1v) is 11.2.